The molecule has 0 bridgehead atoms. The molecule has 0 radical (unpaired) electrons. The number of thiazole rings is 1. The first-order valence-electron chi connectivity index (χ1n) is 43.6. The Morgan fingerprint density at radius 2 is 0.653 bits per heavy atom. The summed E-state index contributed by atoms with van der Waals surface area (Å²) >= 11 is 31.1. The minimum absolute atomic E-state index is 0.0504. The minimum atomic E-state index is -1.22. The molecule has 0 spiro atoms. The lowest BCUT2D eigenvalue weighted by molar-refractivity contribution is 0.496. The number of benzene rings is 9. The Kier molecular flexibility index (Phi) is 28.7. The van der Waals surface area contributed by atoms with Crippen molar-refractivity contribution in [2.75, 3.05) is 0 Å². The van der Waals surface area contributed by atoms with Gasteiger partial charge in [-0.25, -0.2) is 64.0 Å². The van der Waals surface area contributed by atoms with Crippen molar-refractivity contribution in [3.63, 3.8) is 0 Å². The zero-order chi connectivity index (χ0) is 99.4. The summed E-state index contributed by atoms with van der Waals surface area (Å²) in [6.07, 6.45) is 23.6. The molecule has 0 aliphatic carbocycles. The maximum atomic E-state index is 14.2. The topological polar surface area (TPSA) is 207 Å². The molecular formula is C112H63Cl5F8N18S. The first-order chi connectivity index (χ1) is 70.2. The lowest BCUT2D eigenvalue weighted by Crippen LogP contribution is -1.95. The Bertz CT molecular complexity index is 8620. The SMILES string of the molecule is Fc1cc(F)c(-c2ncccc2-c2ccc3ncsc3c2)cc1F.Fc1ccc(-c2ncccc2-c2ccc3ncccc3c2)cc1Cl.Fc1ccc(-c2ncccc2-c2ccc3ncccc3n2)cc1Cl.Fc1ccc(-c2ncccc2-c2ccc3nccnc3c2)cc1Cl.Fc1ccc(-c2ncccc2-c2ccc3ncnn3c2)cc1Cl.[C-]#[N+]c1cnc2ccc(-c3cccnc3-c3ccc(F)c(Cl)c3)cn12. The van der Waals surface area contributed by atoms with E-state index >= 15 is 0 Å². The van der Waals surface area contributed by atoms with Crippen LogP contribution in [0.4, 0.5) is 40.9 Å². The molecule has 0 atom stereocenters. The Morgan fingerprint density at radius 1 is 0.264 bits per heavy atom. The summed E-state index contributed by atoms with van der Waals surface area (Å²) < 4.78 is 113. The van der Waals surface area contributed by atoms with Gasteiger partial charge in [-0.1, -0.05) is 119 Å². The Morgan fingerprint density at radius 3 is 1.18 bits per heavy atom. The van der Waals surface area contributed by atoms with Gasteiger partial charge in [-0.2, -0.15) is 5.10 Å². The Balaban J connectivity index is 0.000000109. The number of aromatic nitrogens is 17. The molecule has 24 aromatic rings. The van der Waals surface area contributed by atoms with Crippen LogP contribution in [0.2, 0.25) is 25.1 Å². The van der Waals surface area contributed by atoms with Crippen LogP contribution in [0, 0.1) is 53.1 Å². The van der Waals surface area contributed by atoms with E-state index in [9.17, 15) is 35.1 Å². The quantitative estimate of drug-likeness (QED) is 0.0633. The van der Waals surface area contributed by atoms with Crippen molar-refractivity contribution in [2.45, 2.75) is 0 Å². The van der Waals surface area contributed by atoms with Gasteiger partial charge < -0.3 is 4.85 Å². The van der Waals surface area contributed by atoms with Gasteiger partial charge in [0.1, 0.15) is 41.2 Å². The predicted molar refractivity (Wildman–Crippen MR) is 552 cm³/mol. The van der Waals surface area contributed by atoms with E-state index in [1.807, 2.05) is 182 Å². The van der Waals surface area contributed by atoms with Crippen LogP contribution in [-0.4, -0.2) is 83.8 Å². The zero-order valence-electron chi connectivity index (χ0n) is 74.2. The molecule has 0 unspecified atom stereocenters. The third kappa shape index (κ3) is 21.3. The highest BCUT2D eigenvalue weighted by molar-refractivity contribution is 7.16. The Labute approximate surface area is 843 Å². The second kappa shape index (κ2) is 43.2. The number of rotatable bonds is 12. The fraction of sp³-hybridized carbons (Fsp3) is 0. The van der Waals surface area contributed by atoms with Gasteiger partial charge in [0.2, 0.25) is 5.65 Å². The van der Waals surface area contributed by atoms with Crippen LogP contribution >= 0.6 is 69.3 Å². The van der Waals surface area contributed by atoms with Crippen LogP contribution in [0.3, 0.4) is 0 Å². The third-order valence-electron chi connectivity index (χ3n) is 22.6. The number of hydrogen-bond acceptors (Lipinski definition) is 16. The van der Waals surface area contributed by atoms with Gasteiger partial charge >= 0.3 is 0 Å². The van der Waals surface area contributed by atoms with Crippen LogP contribution in [0.1, 0.15) is 0 Å². The second-order valence-electron chi connectivity index (χ2n) is 31.6. The van der Waals surface area contributed by atoms with Crippen molar-refractivity contribution >= 4 is 130 Å². The van der Waals surface area contributed by atoms with E-state index in [0.29, 0.717) is 34.5 Å². The number of imidazole rings is 1. The van der Waals surface area contributed by atoms with Crippen LogP contribution in [0.5, 0.6) is 0 Å². The molecule has 698 valence electrons. The zero-order valence-corrected chi connectivity index (χ0v) is 78.8. The third-order valence-corrected chi connectivity index (χ3v) is 24.9. The molecular weight excluding hydrogens is 1960 g/mol. The van der Waals surface area contributed by atoms with Crippen molar-refractivity contribution in [2.24, 2.45) is 0 Å². The molecule has 32 heteroatoms. The van der Waals surface area contributed by atoms with Gasteiger partial charge in [-0.3, -0.25) is 49.8 Å². The van der Waals surface area contributed by atoms with Gasteiger partial charge in [-0.15, -0.1) is 11.3 Å². The summed E-state index contributed by atoms with van der Waals surface area (Å²) in [7, 11) is 0. The number of pyridine rings is 11. The fourth-order valence-electron chi connectivity index (χ4n) is 15.8. The Hall–Kier alpha value is -17.2. The number of nitrogens with zero attached hydrogens (tertiary/aromatic N) is 18. The van der Waals surface area contributed by atoms with Crippen LogP contribution in [0.25, 0.3) is 194 Å². The largest absolute Gasteiger partial charge is 0.362 e. The van der Waals surface area contributed by atoms with E-state index in [0.717, 1.165) is 161 Å². The van der Waals surface area contributed by atoms with Crippen molar-refractivity contribution in [1.82, 2.24) is 83.8 Å². The van der Waals surface area contributed by atoms with Crippen molar-refractivity contribution in [3.05, 3.63) is 467 Å². The molecule has 0 aliphatic heterocycles. The maximum absolute atomic E-state index is 14.2. The lowest BCUT2D eigenvalue weighted by Gasteiger charge is -2.10. The molecule has 0 saturated carbocycles. The normalized spacial score (nSPS) is 10.9. The van der Waals surface area contributed by atoms with Gasteiger partial charge in [-0.05, 0) is 241 Å². The van der Waals surface area contributed by atoms with E-state index in [1.54, 1.807) is 143 Å². The molecule has 15 aromatic heterocycles. The first-order valence-corrected chi connectivity index (χ1v) is 46.4. The van der Waals surface area contributed by atoms with Gasteiger partial charge in [0, 0.05) is 164 Å². The van der Waals surface area contributed by atoms with E-state index in [2.05, 4.69) is 85.8 Å². The fourth-order valence-corrected chi connectivity index (χ4v) is 17.4. The van der Waals surface area contributed by atoms with E-state index in [4.69, 9.17) is 64.6 Å². The summed E-state index contributed by atoms with van der Waals surface area (Å²) in [6, 6.07) is 83.6. The van der Waals surface area contributed by atoms with Crippen LogP contribution in [0.15, 0.2) is 384 Å². The van der Waals surface area contributed by atoms with Gasteiger partial charge in [0.25, 0.3) is 5.82 Å². The monoisotopic (exact) mass is 2020 g/mol. The maximum Gasteiger partial charge on any atom is 0.254 e. The molecule has 0 aliphatic rings. The molecule has 0 N–H and O–H groups in total. The average Bonchev–Trinajstić information content (AvgIpc) is 1.46. The summed E-state index contributed by atoms with van der Waals surface area (Å²) in [5.74, 6) is -5.00. The van der Waals surface area contributed by atoms with E-state index in [1.165, 1.54) is 60.4 Å². The highest BCUT2D eigenvalue weighted by atomic mass is 35.5. The van der Waals surface area contributed by atoms with Gasteiger partial charge in [0.05, 0.1) is 121 Å². The van der Waals surface area contributed by atoms with E-state index in [-0.39, 0.29) is 36.4 Å². The lowest BCUT2D eigenvalue weighted by atomic mass is 9.98. The van der Waals surface area contributed by atoms with Crippen LogP contribution in [-0.2, 0) is 0 Å². The molecule has 18 nitrogen and oxygen atoms in total. The van der Waals surface area contributed by atoms with Crippen molar-refractivity contribution < 1.29 is 35.1 Å². The molecule has 15 heterocycles. The summed E-state index contributed by atoms with van der Waals surface area (Å²) in [4.78, 5) is 64.4. The molecule has 144 heavy (non-hydrogen) atoms. The summed E-state index contributed by atoms with van der Waals surface area (Å²) in [6.45, 7) is 7.24. The average molecular weight is 2020 g/mol. The summed E-state index contributed by atoms with van der Waals surface area (Å²) in [5, 5.41) is 5.57. The minimum Gasteiger partial charge on any atom is -0.362 e. The molecule has 0 fully saturated rings. The standard InChI is InChI=1S/C20H12ClFN2.C19H10ClFN4.2C19H11ClFN3.C18H9F3N2S.C17H10ClFN4/c21-17-12-15(5-7-18(17)22)20-16(4-2-10-24-20)13-6-8-19-14(11-13)3-1-9-23-19;1-22-18-10-24-17-7-5-13(11-25(17)18)14-3-2-8-23-19(14)12-4-6-16(21)15(20)9-12;20-14-11-12(5-6-15(14)21)19-13(3-1-10-23-19)16-7-8-17-18(24-16)4-2-9-22-17;20-15-10-13(3-5-16(15)21)19-14(2-1-7-24-19)12-4-6-17-18(11-12)23-9-8-22-17;19-13-8-15(21)14(20)7-12(13)18-11(2-1-5-22-18)10-3-4-16-17(6-10)24-9-23-16;18-14-8-11(3-5-15(14)19)17-13(2-1-7-20-17)12-4-6-16-21-10-22-23(16)9-12/h1-12H;2-11H;2*1-11H;1-9H;1-10H. The molecule has 9 aromatic carbocycles. The van der Waals surface area contributed by atoms with E-state index < -0.39 is 46.5 Å². The molecule has 24 rings (SSSR count). The first kappa shape index (κ1) is 95.7. The molecule has 0 amide bonds. The highest BCUT2D eigenvalue weighted by Crippen LogP contribution is 2.42. The number of fused-ring (bicyclic) bond motifs is 6. The van der Waals surface area contributed by atoms with Crippen molar-refractivity contribution in [3.8, 4) is 134 Å². The highest BCUT2D eigenvalue weighted by Gasteiger charge is 2.22. The summed E-state index contributed by atoms with van der Waals surface area (Å²) in [5.41, 5.74) is 26.4. The smallest absolute Gasteiger partial charge is 0.254 e. The number of hydrogen-bond donors (Lipinski definition) is 0. The van der Waals surface area contributed by atoms with Gasteiger partial charge in [0.15, 0.2) is 17.3 Å². The van der Waals surface area contributed by atoms with Crippen LogP contribution < -0.4 is 0 Å². The number of halogens is 13. The van der Waals surface area contributed by atoms with Crippen molar-refractivity contribution in [1.29, 1.82) is 0 Å². The second-order valence-corrected chi connectivity index (χ2v) is 34.5. The predicted octanol–water partition coefficient (Wildman–Crippen LogP) is 31.2. The molecule has 0 saturated heterocycles.